The SMILES string of the molecule is Cc1noc(-c2cc(S(=O)(=O)Nc3cccc(Cl)c3)ccc2Oc2cnc(C(F)(F)F)nc2)n1. The van der Waals surface area contributed by atoms with Gasteiger partial charge in [-0.2, -0.15) is 18.2 Å². The Labute approximate surface area is 195 Å². The second-order valence-corrected chi connectivity index (χ2v) is 8.88. The summed E-state index contributed by atoms with van der Waals surface area (Å²) in [6.45, 7) is 1.55. The van der Waals surface area contributed by atoms with Crippen molar-refractivity contribution in [2.75, 3.05) is 4.72 Å². The van der Waals surface area contributed by atoms with Crippen LogP contribution in [0.15, 0.2) is 64.3 Å². The Kier molecular flexibility index (Phi) is 6.15. The summed E-state index contributed by atoms with van der Waals surface area (Å²) < 4.78 is 77.1. The number of hydrogen-bond donors (Lipinski definition) is 1. The lowest BCUT2D eigenvalue weighted by Gasteiger charge is -2.12. The van der Waals surface area contributed by atoms with Crippen molar-refractivity contribution in [1.29, 1.82) is 0 Å². The predicted octanol–water partition coefficient (Wildman–Crippen LogP) is 5.10. The van der Waals surface area contributed by atoms with Gasteiger partial charge in [-0.05, 0) is 43.3 Å². The lowest BCUT2D eigenvalue weighted by atomic mass is 10.2. The maximum atomic E-state index is 12.9. The molecule has 34 heavy (non-hydrogen) atoms. The summed E-state index contributed by atoms with van der Waals surface area (Å²) in [5.74, 6) is -1.24. The molecule has 0 unspecified atom stereocenters. The van der Waals surface area contributed by atoms with Crippen molar-refractivity contribution in [2.45, 2.75) is 18.0 Å². The molecule has 0 saturated carbocycles. The van der Waals surface area contributed by atoms with E-state index < -0.39 is 22.0 Å². The van der Waals surface area contributed by atoms with Crippen molar-refractivity contribution >= 4 is 27.3 Å². The molecule has 0 aliphatic rings. The Balaban J connectivity index is 1.70. The van der Waals surface area contributed by atoms with E-state index in [1.807, 2.05) is 0 Å². The summed E-state index contributed by atoms with van der Waals surface area (Å²) in [4.78, 5) is 10.4. The topological polar surface area (TPSA) is 120 Å². The van der Waals surface area contributed by atoms with Gasteiger partial charge in [0, 0.05) is 5.02 Å². The largest absolute Gasteiger partial charge is 0.453 e. The average molecular weight is 512 g/mol. The molecule has 2 aromatic heterocycles. The van der Waals surface area contributed by atoms with E-state index in [0.717, 1.165) is 12.4 Å². The van der Waals surface area contributed by atoms with Gasteiger partial charge in [0.2, 0.25) is 5.82 Å². The Morgan fingerprint density at radius 3 is 2.44 bits per heavy atom. The monoisotopic (exact) mass is 511 g/mol. The molecule has 9 nitrogen and oxygen atoms in total. The Morgan fingerprint density at radius 1 is 1.09 bits per heavy atom. The smallest absolute Gasteiger partial charge is 0.451 e. The van der Waals surface area contributed by atoms with Gasteiger partial charge in [-0.1, -0.05) is 22.8 Å². The number of anilines is 1. The summed E-state index contributed by atoms with van der Waals surface area (Å²) in [6, 6.07) is 9.87. The van der Waals surface area contributed by atoms with E-state index in [9.17, 15) is 21.6 Å². The van der Waals surface area contributed by atoms with Gasteiger partial charge in [0.25, 0.3) is 15.9 Å². The highest BCUT2D eigenvalue weighted by atomic mass is 35.5. The molecule has 2 heterocycles. The van der Waals surface area contributed by atoms with Gasteiger partial charge in [-0.3, -0.25) is 4.72 Å². The molecule has 2 aromatic carbocycles. The molecule has 0 aliphatic heterocycles. The highest BCUT2D eigenvalue weighted by Crippen LogP contribution is 2.35. The molecular formula is C20H13ClF3N5O4S. The third-order valence-electron chi connectivity index (χ3n) is 4.21. The molecule has 0 bridgehead atoms. The zero-order valence-electron chi connectivity index (χ0n) is 17.0. The van der Waals surface area contributed by atoms with Crippen LogP contribution in [0.5, 0.6) is 11.5 Å². The Bertz CT molecular complexity index is 1440. The van der Waals surface area contributed by atoms with Crippen LogP contribution >= 0.6 is 11.6 Å². The standard InChI is InChI=1S/C20H13ClF3N5O4S/c1-11-27-18(33-28-11)16-8-15(34(30,31)29-13-4-2-3-12(21)7-13)5-6-17(16)32-14-9-25-19(26-10-14)20(22,23)24/h2-10,29H,1H3. The summed E-state index contributed by atoms with van der Waals surface area (Å²) in [5, 5.41) is 4.02. The van der Waals surface area contributed by atoms with Crippen molar-refractivity contribution in [3.63, 3.8) is 0 Å². The van der Waals surface area contributed by atoms with Crippen molar-refractivity contribution in [3.05, 3.63) is 71.5 Å². The maximum Gasteiger partial charge on any atom is 0.451 e. The number of aryl methyl sites for hydroxylation is 1. The lowest BCUT2D eigenvalue weighted by molar-refractivity contribution is -0.145. The molecule has 0 saturated heterocycles. The fourth-order valence-corrected chi connectivity index (χ4v) is 4.01. The van der Waals surface area contributed by atoms with Crippen LogP contribution in [0.4, 0.5) is 18.9 Å². The van der Waals surface area contributed by atoms with Gasteiger partial charge in [0.15, 0.2) is 11.6 Å². The normalized spacial score (nSPS) is 11.9. The third kappa shape index (κ3) is 5.26. The summed E-state index contributed by atoms with van der Waals surface area (Å²) in [5.41, 5.74) is 0.319. The van der Waals surface area contributed by atoms with Crippen LogP contribution < -0.4 is 9.46 Å². The maximum absolute atomic E-state index is 12.9. The summed E-state index contributed by atoms with van der Waals surface area (Å²) in [6.07, 6.45) is -3.04. The van der Waals surface area contributed by atoms with E-state index in [1.165, 1.54) is 30.3 Å². The van der Waals surface area contributed by atoms with Crippen LogP contribution in [0.1, 0.15) is 11.6 Å². The zero-order chi connectivity index (χ0) is 24.5. The predicted molar refractivity (Wildman–Crippen MR) is 114 cm³/mol. The highest BCUT2D eigenvalue weighted by Gasteiger charge is 2.34. The number of nitrogens with zero attached hydrogens (tertiary/aromatic N) is 4. The van der Waals surface area contributed by atoms with Crippen LogP contribution in [0.3, 0.4) is 0 Å². The number of alkyl halides is 3. The average Bonchev–Trinajstić information content (AvgIpc) is 3.19. The van der Waals surface area contributed by atoms with Crippen molar-refractivity contribution in [2.24, 2.45) is 0 Å². The minimum atomic E-state index is -4.71. The van der Waals surface area contributed by atoms with E-state index >= 15 is 0 Å². The van der Waals surface area contributed by atoms with Crippen LogP contribution in [0.25, 0.3) is 11.5 Å². The Morgan fingerprint density at radius 2 is 1.82 bits per heavy atom. The molecule has 1 N–H and O–H groups in total. The van der Waals surface area contributed by atoms with E-state index in [0.29, 0.717) is 5.02 Å². The van der Waals surface area contributed by atoms with Gasteiger partial charge < -0.3 is 9.26 Å². The number of halogens is 4. The lowest BCUT2D eigenvalue weighted by Crippen LogP contribution is -2.13. The molecule has 0 fully saturated rings. The molecule has 0 amide bonds. The Hall–Kier alpha value is -3.71. The highest BCUT2D eigenvalue weighted by molar-refractivity contribution is 7.92. The molecule has 176 valence electrons. The first-order chi connectivity index (χ1) is 16.0. The minimum Gasteiger partial charge on any atom is -0.453 e. The van der Waals surface area contributed by atoms with E-state index in [4.69, 9.17) is 20.9 Å². The number of rotatable bonds is 6. The van der Waals surface area contributed by atoms with E-state index in [2.05, 4.69) is 24.8 Å². The second-order valence-electron chi connectivity index (χ2n) is 6.76. The number of nitrogens with one attached hydrogen (secondary N) is 1. The molecular weight excluding hydrogens is 499 g/mol. The molecule has 14 heteroatoms. The number of sulfonamides is 1. The number of aromatic nitrogens is 4. The zero-order valence-corrected chi connectivity index (χ0v) is 18.6. The third-order valence-corrected chi connectivity index (χ3v) is 5.82. The van der Waals surface area contributed by atoms with Crippen molar-refractivity contribution in [1.82, 2.24) is 20.1 Å². The van der Waals surface area contributed by atoms with Gasteiger partial charge >= 0.3 is 6.18 Å². The molecule has 4 rings (SSSR count). The van der Waals surface area contributed by atoms with Crippen LogP contribution in [-0.2, 0) is 16.2 Å². The molecule has 0 radical (unpaired) electrons. The molecule has 0 aliphatic carbocycles. The van der Waals surface area contributed by atoms with Gasteiger partial charge in [-0.25, -0.2) is 18.4 Å². The van der Waals surface area contributed by atoms with Crippen molar-refractivity contribution < 1.29 is 30.8 Å². The first-order valence-electron chi connectivity index (χ1n) is 9.31. The number of hydrogen-bond acceptors (Lipinski definition) is 8. The summed E-state index contributed by atoms with van der Waals surface area (Å²) >= 11 is 5.91. The van der Waals surface area contributed by atoms with Gasteiger partial charge in [0.05, 0.1) is 28.5 Å². The number of benzene rings is 2. The van der Waals surface area contributed by atoms with Crippen LogP contribution in [-0.4, -0.2) is 28.5 Å². The first kappa shape index (κ1) is 23.4. The first-order valence-corrected chi connectivity index (χ1v) is 11.2. The van der Waals surface area contributed by atoms with Gasteiger partial charge in [-0.15, -0.1) is 0 Å². The summed E-state index contributed by atoms with van der Waals surface area (Å²) in [7, 11) is -4.07. The molecule has 0 atom stereocenters. The molecule has 4 aromatic rings. The van der Waals surface area contributed by atoms with Gasteiger partial charge in [0.1, 0.15) is 5.75 Å². The van der Waals surface area contributed by atoms with E-state index in [-0.39, 0.29) is 39.4 Å². The fourth-order valence-electron chi connectivity index (χ4n) is 2.75. The van der Waals surface area contributed by atoms with Crippen LogP contribution in [0, 0.1) is 6.92 Å². The minimum absolute atomic E-state index is 0.0220. The fraction of sp³-hybridized carbons (Fsp3) is 0.100. The quantitative estimate of drug-likeness (QED) is 0.379. The second kappa shape index (κ2) is 8.91. The van der Waals surface area contributed by atoms with Crippen molar-refractivity contribution in [3.8, 4) is 23.0 Å². The van der Waals surface area contributed by atoms with E-state index in [1.54, 1.807) is 19.1 Å². The molecule has 0 spiro atoms. The number of ether oxygens (including phenoxy) is 1. The van der Waals surface area contributed by atoms with Crippen LogP contribution in [0.2, 0.25) is 5.02 Å².